The largest absolute Gasteiger partial charge is 0.0630 e. The number of rotatable bonds is 0. The molecule has 78 heavy (non-hydrogen) atoms. The summed E-state index contributed by atoms with van der Waals surface area (Å²) in [5, 5.41) is 0. The van der Waals surface area contributed by atoms with Crippen LogP contribution in [0.4, 0.5) is 0 Å². The first kappa shape index (κ1) is 76.0. The van der Waals surface area contributed by atoms with Gasteiger partial charge in [-0.15, -0.1) is 0 Å². The van der Waals surface area contributed by atoms with Crippen LogP contribution in [0, 0.1) is 68.0 Å². The van der Waals surface area contributed by atoms with Gasteiger partial charge < -0.3 is 0 Å². The van der Waals surface area contributed by atoms with Crippen LogP contribution >= 0.6 is 0 Å². The number of hydrogen-bond donors (Lipinski definition) is 0. The van der Waals surface area contributed by atoms with Crippen molar-refractivity contribution in [3.05, 3.63) is 0 Å². The average molecular weight is 1090 g/mol. The first-order valence-electron chi connectivity index (χ1n) is 36.9. The van der Waals surface area contributed by atoms with Crippen molar-refractivity contribution in [2.24, 2.45) is 68.0 Å². The van der Waals surface area contributed by atoms with Crippen LogP contribution < -0.4 is 0 Å². The minimum atomic E-state index is 0.833. The average Bonchev–Trinajstić information content (AvgIpc) is 4.17. The van der Waals surface area contributed by atoms with Gasteiger partial charge in [0, 0.05) is 0 Å². The Morgan fingerprint density at radius 2 is 0.179 bits per heavy atom. The van der Waals surface area contributed by atoms with E-state index in [4.69, 9.17) is 0 Å². The summed E-state index contributed by atoms with van der Waals surface area (Å²) in [4.78, 5) is 0. The molecule has 0 aromatic heterocycles. The molecule has 12 saturated carbocycles. The fourth-order valence-electron chi connectivity index (χ4n) is 15.4. The molecular weight excluding hydrogens is 937 g/mol. The van der Waals surface area contributed by atoms with Gasteiger partial charge in [0.05, 0.1) is 0 Å². The highest BCUT2D eigenvalue weighted by Crippen LogP contribution is 2.55. The Hall–Kier alpha value is 0. The fraction of sp³-hybridized carbons (Fsp3) is 1.00. The first-order valence-corrected chi connectivity index (χ1v) is 36.9. The Morgan fingerprint density at radius 1 is 0.115 bits per heavy atom. The molecule has 0 unspecified atom stereocenters. The minimum Gasteiger partial charge on any atom is -0.0630 e. The van der Waals surface area contributed by atoms with Gasteiger partial charge in [0.25, 0.3) is 0 Å². The maximum absolute atomic E-state index is 2.17. The van der Waals surface area contributed by atoms with E-state index in [0.29, 0.717) is 0 Å². The quantitative estimate of drug-likeness (QED) is 0.227. The van der Waals surface area contributed by atoms with Gasteiger partial charge in [0.2, 0.25) is 0 Å². The molecule has 6 spiro atoms. The lowest BCUT2D eigenvalue weighted by molar-refractivity contribution is 0.124. The second-order valence-electron chi connectivity index (χ2n) is 33.9. The topological polar surface area (TPSA) is 0 Å². The maximum Gasteiger partial charge on any atom is -0.0297 e. The lowest BCUT2D eigenvalue weighted by Crippen LogP contribution is -2.26. The van der Waals surface area contributed by atoms with Gasteiger partial charge in [0.1, 0.15) is 0 Å². The molecule has 0 radical (unpaired) electrons. The van der Waals surface area contributed by atoms with E-state index in [0.717, 1.165) is 68.0 Å². The van der Waals surface area contributed by atoms with Crippen molar-refractivity contribution >= 4 is 0 Å². The van der Waals surface area contributed by atoms with Gasteiger partial charge in [-0.05, 0) is 222 Å². The normalized spacial score (nSPS) is 24.9. The molecule has 0 N–H and O–H groups in total. The van der Waals surface area contributed by atoms with E-state index < -0.39 is 0 Å². The maximum atomic E-state index is 2.17. The van der Waals surface area contributed by atoms with Crippen molar-refractivity contribution in [3.8, 4) is 0 Å². The highest BCUT2D eigenvalue weighted by atomic mass is 14.5. The monoisotopic (exact) mass is 1090 g/mol. The van der Waals surface area contributed by atoms with Gasteiger partial charge in [-0.25, -0.2) is 0 Å². The van der Waals surface area contributed by atoms with Gasteiger partial charge in [-0.2, -0.15) is 0 Å². The molecule has 0 heteroatoms. The lowest BCUT2D eigenvalue weighted by Gasteiger charge is -2.40. The molecule has 0 aliphatic heterocycles. The zero-order valence-electron chi connectivity index (χ0n) is 58.4. The van der Waals surface area contributed by atoms with Gasteiger partial charge in [-0.3, -0.25) is 0 Å². The van der Waals surface area contributed by atoms with Crippen LogP contribution in [0.15, 0.2) is 0 Å². The second-order valence-corrected chi connectivity index (χ2v) is 33.9. The Kier molecular flexibility index (Phi) is 41.7. The summed E-state index contributed by atoms with van der Waals surface area (Å²) in [7, 11) is 0. The summed E-state index contributed by atoms with van der Waals surface area (Å²) in [5.41, 5.74) is 5.38. The van der Waals surface area contributed by atoms with Crippen molar-refractivity contribution < 1.29 is 0 Å². The van der Waals surface area contributed by atoms with Crippen LogP contribution in [0.25, 0.3) is 0 Å². The van der Waals surface area contributed by atoms with E-state index in [-0.39, 0.29) is 0 Å². The molecule has 0 nitrogen and oxygen atoms in total. The summed E-state index contributed by atoms with van der Waals surface area (Å²) in [5.74, 6) is 5.00. The lowest BCUT2D eigenvalue weighted by atomic mass is 9.65. The van der Waals surface area contributed by atoms with Gasteiger partial charge in [0.15, 0.2) is 0 Å². The molecule has 0 bridgehead atoms. The molecule has 0 heterocycles. The molecule has 0 amide bonds. The van der Waals surface area contributed by atoms with E-state index in [1.54, 1.807) is 154 Å². The van der Waals surface area contributed by atoms with E-state index in [9.17, 15) is 0 Å². The zero-order chi connectivity index (χ0) is 58.4. The Balaban J connectivity index is 0.000000435. The van der Waals surface area contributed by atoms with Crippen LogP contribution in [-0.2, 0) is 0 Å². The molecule has 12 aliphatic rings. The Bertz CT molecular complexity index is 1030. The molecule has 0 atom stereocenters. The van der Waals surface area contributed by atoms with Crippen molar-refractivity contribution in [2.45, 2.75) is 433 Å². The minimum absolute atomic E-state index is 0.833. The van der Waals surface area contributed by atoms with Crippen molar-refractivity contribution in [2.75, 3.05) is 0 Å². The second kappa shape index (κ2) is 42.7. The molecule has 12 aliphatic carbocycles. The Labute approximate surface area is 498 Å². The molecule has 468 valence electrons. The van der Waals surface area contributed by atoms with Crippen LogP contribution in [0.1, 0.15) is 433 Å². The summed E-state index contributed by atoms with van der Waals surface area (Å²) in [6.07, 6.45) is 74.1. The molecule has 0 aromatic rings. The molecule has 12 rings (SSSR count). The first-order chi connectivity index (χ1) is 36.9. The summed E-state index contributed by atoms with van der Waals surface area (Å²) < 4.78 is 0. The van der Waals surface area contributed by atoms with Crippen LogP contribution in [0.3, 0.4) is 0 Å². The van der Waals surface area contributed by atoms with Crippen molar-refractivity contribution in [1.82, 2.24) is 0 Å². The third-order valence-electron chi connectivity index (χ3n) is 20.0. The van der Waals surface area contributed by atoms with E-state index in [1.165, 1.54) is 154 Å². The van der Waals surface area contributed by atoms with Crippen molar-refractivity contribution in [3.63, 3.8) is 0 Å². The van der Waals surface area contributed by atoms with E-state index in [1.807, 2.05) is 0 Å². The molecule has 0 aromatic carbocycles. The number of hydrogen-bond acceptors (Lipinski definition) is 0. The highest BCUT2D eigenvalue weighted by molar-refractivity contribution is 4.94. The predicted molar refractivity (Wildman–Crippen MR) is 359 cm³/mol. The van der Waals surface area contributed by atoms with Gasteiger partial charge >= 0.3 is 0 Å². The predicted octanol–water partition coefficient (Wildman–Crippen LogP) is 28.7. The zero-order valence-corrected chi connectivity index (χ0v) is 58.4. The molecule has 12 fully saturated rings. The molecular formula is C78H156. The van der Waals surface area contributed by atoms with Crippen LogP contribution in [0.5, 0.6) is 0 Å². The van der Waals surface area contributed by atoms with E-state index >= 15 is 0 Å². The Morgan fingerprint density at radius 3 is 0.244 bits per heavy atom. The van der Waals surface area contributed by atoms with Gasteiger partial charge in [-0.1, -0.05) is 279 Å². The smallest absolute Gasteiger partial charge is 0.0297 e. The fourth-order valence-corrected chi connectivity index (χ4v) is 15.4. The highest BCUT2D eigenvalue weighted by Gasteiger charge is 2.41. The standard InChI is InChI=1S/2C11H20.4C8H14.6C4H10/c2*1-3-7-11(8-4-1)9-5-2-6-10-11;4*1-2-5-8(4-1)6-3-7-8;6*1-4(2)3/h2*1-10H2;4*1-7H2;6*4H,1-3H3. The summed E-state index contributed by atoms with van der Waals surface area (Å²) in [6, 6.07) is 0. The SMILES string of the molecule is C1CCC2(C1)CCC2.C1CCC2(C1)CCC2.C1CCC2(C1)CCC2.C1CCC2(C1)CCC2.C1CCC2(CC1)CCCCC2.C1CCC2(CC1)CCCCC2.CC(C)C.CC(C)C.CC(C)C.CC(C)C.CC(C)C.CC(C)C. The van der Waals surface area contributed by atoms with Crippen molar-refractivity contribution in [1.29, 1.82) is 0 Å². The summed E-state index contributed by atoms with van der Waals surface area (Å²) >= 11 is 0. The third kappa shape index (κ3) is 36.7. The van der Waals surface area contributed by atoms with Crippen LogP contribution in [-0.4, -0.2) is 0 Å². The molecule has 0 saturated heterocycles. The third-order valence-corrected chi connectivity index (χ3v) is 20.0. The summed E-state index contributed by atoms with van der Waals surface area (Å²) in [6.45, 7) is 39.0. The van der Waals surface area contributed by atoms with E-state index in [2.05, 4.69) is 125 Å². The van der Waals surface area contributed by atoms with Crippen LogP contribution in [0.2, 0.25) is 0 Å².